The quantitative estimate of drug-likeness (QED) is 0.805. The molecule has 1 aromatic carbocycles. The molecule has 0 radical (unpaired) electrons. The van der Waals surface area contributed by atoms with Gasteiger partial charge in [-0.2, -0.15) is 0 Å². The van der Waals surface area contributed by atoms with Gasteiger partial charge in [0.2, 0.25) is 0 Å². The highest BCUT2D eigenvalue weighted by atomic mass is 16.5. The van der Waals surface area contributed by atoms with E-state index in [1.807, 2.05) is 0 Å². The molecule has 3 N–H and O–H groups in total. The van der Waals surface area contributed by atoms with Crippen molar-refractivity contribution in [2.24, 2.45) is 11.7 Å². The fraction of sp³-hybridized carbons (Fsp3) is 0.600. The summed E-state index contributed by atoms with van der Waals surface area (Å²) in [6.07, 6.45) is 2.55. The molecule has 1 aliphatic heterocycles. The molecule has 1 fully saturated rings. The molecule has 0 saturated carbocycles. The number of nitrogens with two attached hydrogens (primary N) is 1. The Bertz CT molecular complexity index is 350. The first-order chi connectivity index (χ1) is 8.79. The van der Waals surface area contributed by atoms with Gasteiger partial charge in [-0.15, -0.1) is 0 Å². The maximum Gasteiger partial charge on any atom is 0.0588 e. The molecule has 3 nitrogen and oxygen atoms in total. The Labute approximate surface area is 110 Å². The Balaban J connectivity index is 1.72. The summed E-state index contributed by atoms with van der Waals surface area (Å²) in [5.74, 6) is 0.668. The molecule has 0 bridgehead atoms. The zero-order valence-corrected chi connectivity index (χ0v) is 11.2. The number of hydrogen-bond donors (Lipinski definition) is 2. The first kappa shape index (κ1) is 13.5. The van der Waals surface area contributed by atoms with Crippen molar-refractivity contribution >= 4 is 0 Å². The van der Waals surface area contributed by atoms with Crippen LogP contribution >= 0.6 is 0 Å². The molecule has 2 rings (SSSR count). The van der Waals surface area contributed by atoms with Crippen LogP contribution in [0, 0.1) is 5.92 Å². The van der Waals surface area contributed by atoms with Gasteiger partial charge < -0.3 is 15.8 Å². The smallest absolute Gasteiger partial charge is 0.0588 e. The largest absolute Gasteiger partial charge is 0.378 e. The fourth-order valence-electron chi connectivity index (χ4n) is 2.44. The Kier molecular flexibility index (Phi) is 5.17. The predicted molar refractivity (Wildman–Crippen MR) is 74.4 cm³/mol. The Morgan fingerprint density at radius 2 is 2.00 bits per heavy atom. The lowest BCUT2D eigenvalue weighted by molar-refractivity contribution is 0.105. The van der Waals surface area contributed by atoms with Crippen molar-refractivity contribution in [1.82, 2.24) is 5.32 Å². The van der Waals surface area contributed by atoms with Crippen LogP contribution in [-0.2, 0) is 17.7 Å². The van der Waals surface area contributed by atoms with Gasteiger partial charge in [-0.05, 0) is 43.4 Å². The fourth-order valence-corrected chi connectivity index (χ4v) is 2.44. The number of rotatable bonds is 6. The van der Waals surface area contributed by atoms with E-state index in [0.717, 1.165) is 32.7 Å². The molecule has 1 saturated heterocycles. The van der Waals surface area contributed by atoms with Crippen molar-refractivity contribution < 1.29 is 4.74 Å². The van der Waals surface area contributed by atoms with Crippen LogP contribution in [0.5, 0.6) is 0 Å². The highest BCUT2D eigenvalue weighted by molar-refractivity contribution is 5.22. The van der Waals surface area contributed by atoms with E-state index in [4.69, 9.17) is 10.5 Å². The van der Waals surface area contributed by atoms with E-state index in [1.165, 1.54) is 17.5 Å². The van der Waals surface area contributed by atoms with E-state index in [2.05, 4.69) is 36.5 Å². The first-order valence-electron chi connectivity index (χ1n) is 6.90. The maximum atomic E-state index is 5.56. The van der Waals surface area contributed by atoms with Crippen molar-refractivity contribution in [3.63, 3.8) is 0 Å². The second-order valence-electron chi connectivity index (χ2n) is 5.11. The maximum absolute atomic E-state index is 5.56. The summed E-state index contributed by atoms with van der Waals surface area (Å²) in [6, 6.07) is 8.72. The van der Waals surface area contributed by atoms with Gasteiger partial charge in [-0.1, -0.05) is 24.3 Å². The average Bonchev–Trinajstić information content (AvgIpc) is 2.78. The molecular weight excluding hydrogens is 224 g/mol. The minimum atomic E-state index is 0.407. The van der Waals surface area contributed by atoms with Crippen molar-refractivity contribution in [3.8, 4) is 0 Å². The van der Waals surface area contributed by atoms with Crippen molar-refractivity contribution in [1.29, 1.82) is 0 Å². The average molecular weight is 248 g/mol. The molecule has 0 aromatic heterocycles. The molecule has 1 heterocycles. The SMILES string of the molecule is CC1OCCC1CNCc1ccc(CCN)cc1. The summed E-state index contributed by atoms with van der Waals surface area (Å²) >= 11 is 0. The van der Waals surface area contributed by atoms with Gasteiger partial charge in [0.15, 0.2) is 0 Å². The van der Waals surface area contributed by atoms with Crippen LogP contribution in [0.1, 0.15) is 24.5 Å². The van der Waals surface area contributed by atoms with Gasteiger partial charge in [-0.3, -0.25) is 0 Å². The van der Waals surface area contributed by atoms with Gasteiger partial charge in [0.05, 0.1) is 6.10 Å². The third-order valence-electron chi connectivity index (χ3n) is 3.72. The van der Waals surface area contributed by atoms with Crippen LogP contribution < -0.4 is 11.1 Å². The summed E-state index contributed by atoms with van der Waals surface area (Å²) < 4.78 is 5.56. The lowest BCUT2D eigenvalue weighted by atomic mass is 10.0. The summed E-state index contributed by atoms with van der Waals surface area (Å²) in [5.41, 5.74) is 8.19. The van der Waals surface area contributed by atoms with E-state index >= 15 is 0 Å². The lowest BCUT2D eigenvalue weighted by Gasteiger charge is -2.14. The molecule has 18 heavy (non-hydrogen) atoms. The molecule has 2 atom stereocenters. The Hall–Kier alpha value is -0.900. The number of hydrogen-bond acceptors (Lipinski definition) is 3. The second kappa shape index (κ2) is 6.88. The molecule has 2 unspecified atom stereocenters. The second-order valence-corrected chi connectivity index (χ2v) is 5.11. The van der Waals surface area contributed by atoms with Gasteiger partial charge in [0.25, 0.3) is 0 Å². The summed E-state index contributed by atoms with van der Waals surface area (Å²) in [5, 5.41) is 3.52. The topological polar surface area (TPSA) is 47.3 Å². The molecular formula is C15H24N2O. The van der Waals surface area contributed by atoms with E-state index in [9.17, 15) is 0 Å². The minimum absolute atomic E-state index is 0.407. The van der Waals surface area contributed by atoms with Crippen LogP contribution in [0.2, 0.25) is 0 Å². The Morgan fingerprint density at radius 3 is 2.61 bits per heavy atom. The molecule has 100 valence electrons. The monoisotopic (exact) mass is 248 g/mol. The number of nitrogens with one attached hydrogen (secondary N) is 1. The van der Waals surface area contributed by atoms with E-state index in [1.54, 1.807) is 0 Å². The number of ether oxygens (including phenoxy) is 1. The third kappa shape index (κ3) is 3.80. The van der Waals surface area contributed by atoms with Crippen LogP contribution in [0.25, 0.3) is 0 Å². The van der Waals surface area contributed by atoms with Crippen molar-refractivity contribution in [2.45, 2.75) is 32.4 Å². The molecule has 0 spiro atoms. The van der Waals surface area contributed by atoms with Gasteiger partial charge >= 0.3 is 0 Å². The molecule has 1 aliphatic rings. The molecule has 3 heteroatoms. The molecule has 0 aliphatic carbocycles. The van der Waals surface area contributed by atoms with Crippen LogP contribution in [0.4, 0.5) is 0 Å². The minimum Gasteiger partial charge on any atom is -0.378 e. The van der Waals surface area contributed by atoms with Crippen LogP contribution in [-0.4, -0.2) is 25.8 Å². The van der Waals surface area contributed by atoms with Gasteiger partial charge in [0, 0.05) is 19.7 Å². The summed E-state index contributed by atoms with van der Waals surface area (Å²) in [6.45, 7) is 5.79. The lowest BCUT2D eigenvalue weighted by Crippen LogP contribution is -2.26. The zero-order chi connectivity index (χ0) is 12.8. The normalized spacial score (nSPS) is 23.4. The third-order valence-corrected chi connectivity index (χ3v) is 3.72. The summed E-state index contributed by atoms with van der Waals surface area (Å²) in [7, 11) is 0. The van der Waals surface area contributed by atoms with Gasteiger partial charge in [-0.25, -0.2) is 0 Å². The highest BCUT2D eigenvalue weighted by Crippen LogP contribution is 2.19. The van der Waals surface area contributed by atoms with E-state index < -0.39 is 0 Å². The van der Waals surface area contributed by atoms with Crippen molar-refractivity contribution in [2.75, 3.05) is 19.7 Å². The standard InChI is InChI=1S/C15H24N2O/c1-12-15(7-9-18-12)11-17-10-14-4-2-13(3-5-14)6-8-16/h2-5,12,15,17H,6-11,16H2,1H3. The zero-order valence-electron chi connectivity index (χ0n) is 11.2. The van der Waals surface area contributed by atoms with Crippen molar-refractivity contribution in [3.05, 3.63) is 35.4 Å². The summed E-state index contributed by atoms with van der Waals surface area (Å²) in [4.78, 5) is 0. The molecule has 0 amide bonds. The molecule has 1 aromatic rings. The predicted octanol–water partition coefficient (Wildman–Crippen LogP) is 1.70. The van der Waals surface area contributed by atoms with E-state index in [0.29, 0.717) is 12.0 Å². The first-order valence-corrected chi connectivity index (χ1v) is 6.90. The van der Waals surface area contributed by atoms with Crippen LogP contribution in [0.15, 0.2) is 24.3 Å². The van der Waals surface area contributed by atoms with Crippen LogP contribution in [0.3, 0.4) is 0 Å². The Morgan fingerprint density at radius 1 is 1.28 bits per heavy atom. The highest BCUT2D eigenvalue weighted by Gasteiger charge is 2.23. The van der Waals surface area contributed by atoms with E-state index in [-0.39, 0.29) is 0 Å². The van der Waals surface area contributed by atoms with Gasteiger partial charge in [0.1, 0.15) is 0 Å². The number of benzene rings is 1.